The van der Waals surface area contributed by atoms with Crippen LogP contribution in [-0.4, -0.2) is 51.1 Å². The fourth-order valence-corrected chi connectivity index (χ4v) is 3.41. The molecule has 1 rings (SSSR count). The second kappa shape index (κ2) is 15.6. The quantitative estimate of drug-likeness (QED) is 0.180. The maximum atomic E-state index is 11.9. The molecule has 164 valence electrons. The maximum absolute atomic E-state index is 11.9. The summed E-state index contributed by atoms with van der Waals surface area (Å²) in [4.78, 5) is 22.4. The topological polar surface area (TPSA) is 82.1 Å². The third-order valence-corrected chi connectivity index (χ3v) is 5.83. The van der Waals surface area contributed by atoms with E-state index in [0.717, 1.165) is 28.7 Å². The van der Waals surface area contributed by atoms with Gasteiger partial charge in [-0.05, 0) is 65.9 Å². The minimum Gasteiger partial charge on any atom is -0.496 e. The van der Waals surface area contributed by atoms with Gasteiger partial charge >= 0.3 is 5.97 Å². The van der Waals surface area contributed by atoms with Crippen LogP contribution in [0.3, 0.4) is 0 Å². The number of hydrogen-bond acceptors (Lipinski definition) is 6. The van der Waals surface area contributed by atoms with Crippen LogP contribution in [0.4, 0.5) is 0 Å². The van der Waals surface area contributed by atoms with Crippen molar-refractivity contribution in [1.82, 2.24) is 0 Å². The molecule has 1 N–H and O–H groups in total. The highest BCUT2D eigenvalue weighted by atomic mass is 127. The number of carbonyl (C=O) groups is 2. The van der Waals surface area contributed by atoms with Crippen molar-refractivity contribution in [3.05, 3.63) is 33.9 Å². The van der Waals surface area contributed by atoms with Crippen LogP contribution in [0.25, 0.3) is 0 Å². The van der Waals surface area contributed by atoms with Crippen LogP contribution >= 0.6 is 30.1 Å². The fourth-order valence-electron chi connectivity index (χ4n) is 2.73. The second-order valence-corrected chi connectivity index (χ2v) is 8.80. The van der Waals surface area contributed by atoms with E-state index < -0.39 is 5.97 Å². The molecule has 0 heterocycles. The Morgan fingerprint density at radius 3 is 2.28 bits per heavy atom. The van der Waals surface area contributed by atoms with E-state index in [-0.39, 0.29) is 5.56 Å². The molecule has 0 aliphatic rings. The molecule has 0 saturated heterocycles. The molecule has 29 heavy (non-hydrogen) atoms. The molecule has 0 aromatic heterocycles. The van der Waals surface area contributed by atoms with Crippen molar-refractivity contribution in [3.8, 4) is 11.5 Å². The van der Waals surface area contributed by atoms with Crippen LogP contribution in [0.1, 0.15) is 46.8 Å². The minimum absolute atomic E-state index is 0.190. The number of allylic oxidation sites excluding steroid dienone is 2. The van der Waals surface area contributed by atoms with Crippen molar-refractivity contribution in [1.29, 1.82) is 0 Å². The Bertz CT molecular complexity index is 703. The number of carboxylic acid groups (broad SMARTS) is 1. The molecule has 0 aliphatic carbocycles. The molecule has 6 nitrogen and oxygen atoms in total. The van der Waals surface area contributed by atoms with E-state index in [2.05, 4.69) is 25.9 Å². The Morgan fingerprint density at radius 2 is 1.79 bits per heavy atom. The highest BCUT2D eigenvalue weighted by molar-refractivity contribution is 14.2. The zero-order chi connectivity index (χ0) is 22.4. The highest BCUT2D eigenvalue weighted by Gasteiger charge is 2.25. The van der Waals surface area contributed by atoms with Gasteiger partial charge in [0.1, 0.15) is 23.3 Å². The minimum atomic E-state index is -1.01. The number of aromatic carboxylic acids is 1. The molecule has 0 amide bonds. The van der Waals surface area contributed by atoms with Crippen LogP contribution in [0, 0.1) is 13.8 Å². The average molecular weight is 538 g/mol. The SMILES string of the molecule is COC.COc1c(C)c(C)c(C(=O)O)c(OCCSI)c1C/C=C(\C)CCC=O. The van der Waals surface area contributed by atoms with E-state index in [1.807, 2.05) is 19.9 Å². The Hall–Kier alpha value is -1.26. The van der Waals surface area contributed by atoms with E-state index >= 15 is 0 Å². The van der Waals surface area contributed by atoms with Gasteiger partial charge in [0.05, 0.1) is 13.7 Å². The van der Waals surface area contributed by atoms with Gasteiger partial charge in [-0.3, -0.25) is 0 Å². The average Bonchev–Trinajstić information content (AvgIpc) is 2.68. The van der Waals surface area contributed by atoms with Crippen molar-refractivity contribution in [2.24, 2.45) is 0 Å². The lowest BCUT2D eigenvalue weighted by molar-refractivity contribution is -0.107. The van der Waals surface area contributed by atoms with Crippen molar-refractivity contribution >= 4 is 42.4 Å². The van der Waals surface area contributed by atoms with Gasteiger partial charge in [-0.2, -0.15) is 0 Å². The molecule has 0 radical (unpaired) electrons. The van der Waals surface area contributed by atoms with E-state index in [9.17, 15) is 14.7 Å². The highest BCUT2D eigenvalue weighted by Crippen LogP contribution is 2.39. The molecule has 0 bridgehead atoms. The summed E-state index contributed by atoms with van der Waals surface area (Å²) in [6, 6.07) is 0. The lowest BCUT2D eigenvalue weighted by atomic mass is 9.94. The van der Waals surface area contributed by atoms with Gasteiger partial charge in [-0.15, -0.1) is 0 Å². The van der Waals surface area contributed by atoms with Crippen molar-refractivity contribution < 1.29 is 28.9 Å². The summed E-state index contributed by atoms with van der Waals surface area (Å²) >= 11 is 2.18. The molecule has 0 unspecified atom stereocenters. The Balaban J connectivity index is 0.00000245. The molecule has 1 aromatic rings. The molecule has 0 atom stereocenters. The number of rotatable bonds is 11. The third-order valence-electron chi connectivity index (χ3n) is 4.19. The summed E-state index contributed by atoms with van der Waals surface area (Å²) in [6.07, 6.45) is 4.55. The van der Waals surface area contributed by atoms with Crippen LogP contribution in [0.15, 0.2) is 11.6 Å². The standard InChI is InChI=1S/C19H25IO5S.C2H6O/c1-12(6-5-9-21)7-8-15-17(24-4)14(3)13(2)16(19(22)23)18(15)25-10-11-26-20;1-3-2/h7,9H,5-6,8,10-11H2,1-4H3,(H,22,23);1-2H3/b12-7+;. The molecular formula is C21H31IO6S. The number of methoxy groups -OCH3 is 2. The number of benzene rings is 1. The maximum Gasteiger partial charge on any atom is 0.339 e. The predicted octanol–water partition coefficient (Wildman–Crippen LogP) is 5.20. The first-order chi connectivity index (χ1) is 13.8. The number of ether oxygens (including phenoxy) is 3. The summed E-state index contributed by atoms with van der Waals surface area (Å²) in [7, 11) is 6.44. The van der Waals surface area contributed by atoms with Gasteiger partial charge in [-0.25, -0.2) is 4.79 Å². The second-order valence-electron chi connectivity index (χ2n) is 6.30. The van der Waals surface area contributed by atoms with Gasteiger partial charge in [0.25, 0.3) is 0 Å². The first-order valence-corrected chi connectivity index (χ1v) is 12.6. The lowest BCUT2D eigenvalue weighted by Gasteiger charge is -2.21. The summed E-state index contributed by atoms with van der Waals surface area (Å²) in [5, 5.41) is 9.73. The van der Waals surface area contributed by atoms with E-state index in [4.69, 9.17) is 9.47 Å². The van der Waals surface area contributed by atoms with Crippen molar-refractivity contribution in [2.45, 2.75) is 40.0 Å². The van der Waals surface area contributed by atoms with Crippen LogP contribution in [-0.2, 0) is 16.0 Å². The Kier molecular flexibility index (Phi) is 14.9. The van der Waals surface area contributed by atoms with Crippen molar-refractivity contribution in [3.63, 3.8) is 0 Å². The zero-order valence-electron chi connectivity index (χ0n) is 18.0. The fraction of sp³-hybridized carbons (Fsp3) is 0.524. The summed E-state index contributed by atoms with van der Waals surface area (Å²) in [6.45, 7) is 6.01. The normalized spacial score (nSPS) is 10.8. The Labute approximate surface area is 190 Å². The van der Waals surface area contributed by atoms with Gasteiger partial charge < -0.3 is 24.1 Å². The molecule has 0 fully saturated rings. The van der Waals surface area contributed by atoms with E-state index in [1.165, 1.54) is 0 Å². The zero-order valence-corrected chi connectivity index (χ0v) is 20.9. The molecular weight excluding hydrogens is 507 g/mol. The molecule has 8 heteroatoms. The van der Waals surface area contributed by atoms with E-state index in [0.29, 0.717) is 42.9 Å². The summed E-state index contributed by atoms with van der Waals surface area (Å²) in [5.41, 5.74) is 3.45. The summed E-state index contributed by atoms with van der Waals surface area (Å²) < 4.78 is 15.7. The molecule has 0 aliphatic heterocycles. The molecule has 0 spiro atoms. The van der Waals surface area contributed by atoms with Crippen LogP contribution in [0.5, 0.6) is 11.5 Å². The van der Waals surface area contributed by atoms with Gasteiger partial charge in [-0.1, -0.05) is 20.6 Å². The number of carboxylic acids is 1. The largest absolute Gasteiger partial charge is 0.496 e. The lowest BCUT2D eigenvalue weighted by Crippen LogP contribution is -2.13. The Morgan fingerprint density at radius 1 is 1.17 bits per heavy atom. The number of halogens is 1. The number of carbonyl (C=O) groups excluding carboxylic acids is 1. The smallest absolute Gasteiger partial charge is 0.339 e. The van der Waals surface area contributed by atoms with E-state index in [1.54, 1.807) is 37.2 Å². The van der Waals surface area contributed by atoms with Gasteiger partial charge in [0.15, 0.2) is 0 Å². The van der Waals surface area contributed by atoms with Gasteiger partial charge in [0.2, 0.25) is 0 Å². The third kappa shape index (κ3) is 8.96. The first kappa shape index (κ1) is 27.7. The van der Waals surface area contributed by atoms with Crippen LogP contribution < -0.4 is 9.47 Å². The molecule has 1 aromatic carbocycles. The number of hydrogen-bond donors (Lipinski definition) is 1. The first-order valence-electron chi connectivity index (χ1n) is 9.09. The predicted molar refractivity (Wildman–Crippen MR) is 127 cm³/mol. The number of aldehydes is 1. The summed E-state index contributed by atoms with van der Waals surface area (Å²) in [5.74, 6) is 0.780. The molecule has 0 saturated carbocycles. The van der Waals surface area contributed by atoms with Crippen molar-refractivity contribution in [2.75, 3.05) is 33.7 Å². The van der Waals surface area contributed by atoms with Crippen LogP contribution in [0.2, 0.25) is 0 Å². The monoisotopic (exact) mass is 538 g/mol. The van der Waals surface area contributed by atoms with Gasteiger partial charge in [0, 0.05) is 32.0 Å².